The average molecular weight is 549 g/mol. The Morgan fingerprint density at radius 3 is 1.63 bits per heavy atom. The molecule has 0 aliphatic carbocycles. The van der Waals surface area contributed by atoms with E-state index in [9.17, 15) is 0 Å². The molecule has 0 amide bonds. The van der Waals surface area contributed by atoms with Crippen LogP contribution in [0.3, 0.4) is 0 Å². The fraction of sp³-hybridized carbons (Fsp3) is 0.0244. The summed E-state index contributed by atoms with van der Waals surface area (Å²) in [6, 6.07) is 52.1. The summed E-state index contributed by atoms with van der Waals surface area (Å²) in [6.45, 7) is 2.03. The highest BCUT2D eigenvalue weighted by Gasteiger charge is 2.16. The van der Waals surface area contributed by atoms with Gasteiger partial charge in [-0.25, -0.2) is 4.98 Å². The van der Waals surface area contributed by atoms with E-state index in [4.69, 9.17) is 4.98 Å². The highest BCUT2D eigenvalue weighted by atomic mass is 14.7. The second kappa shape index (κ2) is 10.3. The fourth-order valence-corrected chi connectivity index (χ4v) is 6.42. The third kappa shape index (κ3) is 4.36. The molecule has 8 aromatic rings. The number of benzene rings is 6. The van der Waals surface area contributed by atoms with E-state index in [0.29, 0.717) is 0 Å². The number of nitrogens with zero attached hydrogens (tertiary/aromatic N) is 2. The van der Waals surface area contributed by atoms with Crippen LogP contribution in [0.4, 0.5) is 0 Å². The maximum Gasteiger partial charge on any atom is 0.0727 e. The Bertz CT molecular complexity index is 2240. The summed E-state index contributed by atoms with van der Waals surface area (Å²) in [6.07, 6.45) is 1.82. The summed E-state index contributed by atoms with van der Waals surface area (Å²) in [5, 5.41) is 7.48. The molecule has 202 valence electrons. The molecule has 0 N–H and O–H groups in total. The van der Waals surface area contributed by atoms with Crippen molar-refractivity contribution < 1.29 is 0 Å². The molecule has 0 radical (unpaired) electrons. The molecule has 0 spiro atoms. The summed E-state index contributed by atoms with van der Waals surface area (Å²) in [5.41, 5.74) is 10.1. The van der Waals surface area contributed by atoms with Crippen molar-refractivity contribution >= 4 is 32.3 Å². The van der Waals surface area contributed by atoms with E-state index in [1.807, 2.05) is 19.2 Å². The first-order chi connectivity index (χ1) is 21.2. The normalized spacial score (nSPS) is 11.4. The van der Waals surface area contributed by atoms with Gasteiger partial charge in [0.25, 0.3) is 0 Å². The number of hydrogen-bond donors (Lipinski definition) is 0. The number of pyridine rings is 2. The van der Waals surface area contributed by atoms with Gasteiger partial charge in [-0.1, -0.05) is 109 Å². The summed E-state index contributed by atoms with van der Waals surface area (Å²) in [4.78, 5) is 9.46. The SMILES string of the molecule is Cc1ncccc1-c1cccc(-c2ccc3cc(-c4c5ccccc5c(-c5ccccc5)c5ccccc45)ccc3c2)n1. The molecule has 0 unspecified atom stereocenters. The van der Waals surface area contributed by atoms with Gasteiger partial charge in [0.05, 0.1) is 11.4 Å². The van der Waals surface area contributed by atoms with Gasteiger partial charge in [0, 0.05) is 23.0 Å². The van der Waals surface area contributed by atoms with Gasteiger partial charge in [-0.3, -0.25) is 4.98 Å². The van der Waals surface area contributed by atoms with E-state index in [1.165, 1.54) is 54.6 Å². The van der Waals surface area contributed by atoms with Gasteiger partial charge in [-0.05, 0) is 97.9 Å². The lowest BCUT2D eigenvalue weighted by molar-refractivity contribution is 1.19. The summed E-state index contributed by atoms with van der Waals surface area (Å²) in [7, 11) is 0. The van der Waals surface area contributed by atoms with Crippen LogP contribution >= 0.6 is 0 Å². The molecule has 6 aromatic carbocycles. The first-order valence-corrected chi connectivity index (χ1v) is 14.7. The van der Waals surface area contributed by atoms with E-state index in [-0.39, 0.29) is 0 Å². The van der Waals surface area contributed by atoms with Crippen molar-refractivity contribution in [3.63, 3.8) is 0 Å². The third-order valence-electron chi connectivity index (χ3n) is 8.45. The monoisotopic (exact) mass is 548 g/mol. The lowest BCUT2D eigenvalue weighted by atomic mass is 9.85. The Hall–Kier alpha value is -5.60. The van der Waals surface area contributed by atoms with Crippen molar-refractivity contribution in [2.45, 2.75) is 6.92 Å². The molecule has 43 heavy (non-hydrogen) atoms. The molecule has 0 saturated heterocycles. The van der Waals surface area contributed by atoms with Gasteiger partial charge in [-0.15, -0.1) is 0 Å². The van der Waals surface area contributed by atoms with Crippen LogP contribution in [0, 0.1) is 6.92 Å². The van der Waals surface area contributed by atoms with Gasteiger partial charge >= 0.3 is 0 Å². The number of fused-ring (bicyclic) bond motifs is 3. The number of rotatable bonds is 4. The maximum absolute atomic E-state index is 5.01. The van der Waals surface area contributed by atoms with Crippen molar-refractivity contribution in [2.75, 3.05) is 0 Å². The van der Waals surface area contributed by atoms with Crippen molar-refractivity contribution in [3.05, 3.63) is 157 Å². The lowest BCUT2D eigenvalue weighted by Crippen LogP contribution is -1.92. The minimum absolute atomic E-state index is 0.941. The highest BCUT2D eigenvalue weighted by molar-refractivity contribution is 6.21. The molecule has 0 bridgehead atoms. The summed E-state index contributed by atoms with van der Waals surface area (Å²) < 4.78 is 0. The lowest BCUT2D eigenvalue weighted by Gasteiger charge is -2.18. The predicted molar refractivity (Wildman–Crippen MR) is 181 cm³/mol. The molecule has 0 aliphatic rings. The Morgan fingerprint density at radius 1 is 0.419 bits per heavy atom. The quantitative estimate of drug-likeness (QED) is 0.204. The van der Waals surface area contributed by atoms with Crippen molar-refractivity contribution in [1.82, 2.24) is 9.97 Å². The molecule has 0 aliphatic heterocycles. The zero-order valence-corrected chi connectivity index (χ0v) is 23.8. The zero-order valence-electron chi connectivity index (χ0n) is 23.8. The molecule has 0 atom stereocenters. The Labute approximate surface area is 251 Å². The Morgan fingerprint density at radius 2 is 0.977 bits per heavy atom. The molecule has 0 fully saturated rings. The van der Waals surface area contributed by atoms with Gasteiger partial charge in [-0.2, -0.15) is 0 Å². The van der Waals surface area contributed by atoms with Crippen molar-refractivity contribution in [2.24, 2.45) is 0 Å². The number of hydrogen-bond acceptors (Lipinski definition) is 2. The molecule has 2 heteroatoms. The maximum atomic E-state index is 5.01. The topological polar surface area (TPSA) is 25.8 Å². The minimum atomic E-state index is 0.941. The number of aromatic nitrogens is 2. The van der Waals surface area contributed by atoms with Gasteiger partial charge < -0.3 is 0 Å². The standard InChI is InChI=1S/C41H28N2/c1-27-33(17-10-24-42-27)39-19-9-18-38(43-39)31-22-20-30-26-32(23-21-29(30)25-31)41-36-15-7-5-13-34(36)40(28-11-3-2-4-12-28)35-14-6-8-16-37(35)41/h2-26H,1H3. The Balaban J connectivity index is 1.27. The van der Waals surface area contributed by atoms with E-state index in [2.05, 4.69) is 145 Å². The predicted octanol–water partition coefficient (Wildman–Crippen LogP) is 10.9. The van der Waals surface area contributed by atoms with E-state index < -0.39 is 0 Å². The summed E-state index contributed by atoms with van der Waals surface area (Å²) in [5.74, 6) is 0. The second-order valence-electron chi connectivity index (χ2n) is 11.0. The van der Waals surface area contributed by atoms with Crippen molar-refractivity contribution in [3.8, 4) is 44.8 Å². The van der Waals surface area contributed by atoms with Crippen LogP contribution in [0.1, 0.15) is 5.69 Å². The summed E-state index contributed by atoms with van der Waals surface area (Å²) >= 11 is 0. The van der Waals surface area contributed by atoms with Gasteiger partial charge in [0.15, 0.2) is 0 Å². The second-order valence-corrected chi connectivity index (χ2v) is 11.0. The first-order valence-electron chi connectivity index (χ1n) is 14.7. The third-order valence-corrected chi connectivity index (χ3v) is 8.45. The van der Waals surface area contributed by atoms with Gasteiger partial charge in [0.1, 0.15) is 0 Å². The van der Waals surface area contributed by atoms with Crippen LogP contribution in [-0.4, -0.2) is 9.97 Å². The van der Waals surface area contributed by atoms with E-state index in [0.717, 1.165) is 28.2 Å². The number of aryl methyl sites for hydroxylation is 1. The Kier molecular flexibility index (Phi) is 6.05. The van der Waals surface area contributed by atoms with Crippen LogP contribution in [0.15, 0.2) is 152 Å². The van der Waals surface area contributed by atoms with Crippen LogP contribution in [0.2, 0.25) is 0 Å². The molecule has 0 saturated carbocycles. The van der Waals surface area contributed by atoms with Crippen LogP contribution in [-0.2, 0) is 0 Å². The van der Waals surface area contributed by atoms with Crippen LogP contribution in [0.25, 0.3) is 77.1 Å². The largest absolute Gasteiger partial charge is 0.261 e. The molecule has 2 aromatic heterocycles. The fourth-order valence-electron chi connectivity index (χ4n) is 6.42. The molecular formula is C41H28N2. The minimum Gasteiger partial charge on any atom is -0.261 e. The van der Waals surface area contributed by atoms with Crippen molar-refractivity contribution in [1.29, 1.82) is 0 Å². The van der Waals surface area contributed by atoms with Gasteiger partial charge in [0.2, 0.25) is 0 Å². The smallest absolute Gasteiger partial charge is 0.0727 e. The zero-order chi connectivity index (χ0) is 28.8. The molecule has 2 heterocycles. The molecular weight excluding hydrogens is 520 g/mol. The van der Waals surface area contributed by atoms with E-state index >= 15 is 0 Å². The molecule has 8 rings (SSSR count). The average Bonchev–Trinajstić information content (AvgIpc) is 3.07. The van der Waals surface area contributed by atoms with Crippen LogP contribution in [0.5, 0.6) is 0 Å². The first kappa shape index (κ1) is 25.1. The molecule has 2 nitrogen and oxygen atoms in total. The van der Waals surface area contributed by atoms with Crippen LogP contribution < -0.4 is 0 Å². The van der Waals surface area contributed by atoms with E-state index in [1.54, 1.807) is 0 Å². The highest BCUT2D eigenvalue weighted by Crippen LogP contribution is 2.44.